The predicted molar refractivity (Wildman–Crippen MR) is 273 cm³/mol. The monoisotopic (exact) mass is 880 g/mol. The number of ketones is 1. The summed E-state index contributed by atoms with van der Waals surface area (Å²) < 4.78 is 0. The molecule has 0 saturated carbocycles. The van der Waals surface area contributed by atoms with Crippen molar-refractivity contribution in [2.75, 3.05) is 59.0 Å². The summed E-state index contributed by atoms with van der Waals surface area (Å²) in [6.45, 7) is 4.49. The van der Waals surface area contributed by atoms with Crippen LogP contribution in [0.1, 0.15) is 144 Å². The first-order valence-electron chi connectivity index (χ1n) is 23.7. The van der Waals surface area contributed by atoms with Crippen molar-refractivity contribution in [1.29, 1.82) is 0 Å². The van der Waals surface area contributed by atoms with Gasteiger partial charge in [0.1, 0.15) is 0 Å². The molecule has 2 heterocycles. The lowest BCUT2D eigenvalue weighted by Crippen LogP contribution is -2.17. The van der Waals surface area contributed by atoms with Crippen LogP contribution in [-0.4, -0.2) is 55.0 Å². The number of thioether (sulfide) groups is 2. The number of hydrogen-bond acceptors (Lipinski definition) is 7. The first kappa shape index (κ1) is 47.0. The Hall–Kier alpha value is -2.45. The molecule has 2 aliphatic rings. The summed E-state index contributed by atoms with van der Waals surface area (Å²) in [7, 11) is 0. The van der Waals surface area contributed by atoms with Gasteiger partial charge in [0.2, 0.25) is 0 Å². The van der Waals surface area contributed by atoms with Crippen LogP contribution in [0.25, 0.3) is 22.3 Å². The molecule has 0 amide bonds. The Morgan fingerprint density at radius 3 is 1.12 bits per heavy atom. The molecular weight excluding hydrogens is 809 g/mol. The second-order valence-electron chi connectivity index (χ2n) is 17.0. The van der Waals surface area contributed by atoms with Crippen LogP contribution in [0, 0.1) is 0 Å². The molecule has 324 valence electrons. The largest absolute Gasteiger partial charge is 0.372 e. The molecule has 4 aromatic carbocycles. The lowest BCUT2D eigenvalue weighted by atomic mass is 9.90. The van der Waals surface area contributed by atoms with Gasteiger partial charge in [-0.15, -0.1) is 23.5 Å². The summed E-state index contributed by atoms with van der Waals surface area (Å²) in [6.07, 6.45) is 25.9. The van der Waals surface area contributed by atoms with Crippen molar-refractivity contribution < 1.29 is 4.79 Å². The highest BCUT2D eigenvalue weighted by Crippen LogP contribution is 2.37. The number of carbonyl (C=O) groups excluding carboxylic acids is 1. The van der Waals surface area contributed by atoms with Crippen molar-refractivity contribution in [3.8, 4) is 22.3 Å². The van der Waals surface area contributed by atoms with Gasteiger partial charge in [0.05, 0.1) is 0 Å². The molecular formula is C53H72N2OS4. The van der Waals surface area contributed by atoms with E-state index < -0.39 is 0 Å². The molecule has 60 heavy (non-hydrogen) atoms. The average molecular weight is 881 g/mol. The number of thiol groups is 2. The highest BCUT2D eigenvalue weighted by molar-refractivity contribution is 7.99. The Balaban J connectivity index is 1.20. The second kappa shape index (κ2) is 26.9. The third-order valence-corrected chi connectivity index (χ3v) is 15.2. The molecule has 2 saturated heterocycles. The topological polar surface area (TPSA) is 23.6 Å². The van der Waals surface area contributed by atoms with Crippen molar-refractivity contribution in [3.05, 3.63) is 96.1 Å². The Morgan fingerprint density at radius 1 is 0.433 bits per heavy atom. The molecule has 6 rings (SSSR count). The van der Waals surface area contributed by atoms with Gasteiger partial charge in [-0.3, -0.25) is 4.79 Å². The van der Waals surface area contributed by atoms with Crippen molar-refractivity contribution in [1.82, 2.24) is 0 Å². The summed E-state index contributed by atoms with van der Waals surface area (Å²) in [5.41, 5.74) is 8.43. The van der Waals surface area contributed by atoms with Crippen LogP contribution in [0.2, 0.25) is 0 Å². The molecule has 0 atom stereocenters. The van der Waals surface area contributed by atoms with Crippen LogP contribution in [0.3, 0.4) is 0 Å². The van der Waals surface area contributed by atoms with Gasteiger partial charge in [0.25, 0.3) is 0 Å². The normalized spacial score (nSPS) is 14.1. The van der Waals surface area contributed by atoms with Gasteiger partial charge in [-0.2, -0.15) is 25.3 Å². The molecule has 0 radical (unpaired) electrons. The highest BCUT2D eigenvalue weighted by Gasteiger charge is 2.22. The number of hydrogen-bond donors (Lipinski definition) is 2. The number of nitrogens with zero attached hydrogens (tertiary/aromatic N) is 2. The van der Waals surface area contributed by atoms with E-state index in [1.54, 1.807) is 0 Å². The van der Waals surface area contributed by atoms with Crippen molar-refractivity contribution in [2.45, 2.75) is 138 Å². The van der Waals surface area contributed by atoms with E-state index in [4.69, 9.17) is 0 Å². The molecule has 2 fully saturated rings. The van der Waals surface area contributed by atoms with Crippen molar-refractivity contribution in [3.63, 3.8) is 0 Å². The molecule has 0 aliphatic carbocycles. The summed E-state index contributed by atoms with van der Waals surface area (Å²) in [5, 5.41) is 0. The van der Waals surface area contributed by atoms with Crippen LogP contribution < -0.4 is 9.80 Å². The van der Waals surface area contributed by atoms with E-state index in [1.807, 2.05) is 23.5 Å². The molecule has 0 unspecified atom stereocenters. The fourth-order valence-corrected chi connectivity index (χ4v) is 11.2. The quantitative estimate of drug-likeness (QED) is 0.0256. The van der Waals surface area contributed by atoms with Crippen LogP contribution in [0.15, 0.2) is 94.7 Å². The van der Waals surface area contributed by atoms with E-state index in [-0.39, 0.29) is 5.78 Å². The third-order valence-electron chi connectivity index (χ3n) is 12.4. The molecule has 0 aromatic heterocycles. The molecule has 0 bridgehead atoms. The minimum Gasteiger partial charge on any atom is -0.372 e. The predicted octanol–water partition coefficient (Wildman–Crippen LogP) is 15.7. The fraction of sp³-hybridized carbons (Fsp3) is 0.528. The van der Waals surface area contributed by atoms with Crippen LogP contribution in [0.5, 0.6) is 0 Å². The van der Waals surface area contributed by atoms with Gasteiger partial charge >= 0.3 is 0 Å². The van der Waals surface area contributed by atoms with E-state index in [0.717, 1.165) is 82.6 Å². The minimum atomic E-state index is 0.101. The third kappa shape index (κ3) is 14.8. The number of anilines is 2. The number of rotatable bonds is 28. The molecule has 2 aliphatic heterocycles. The van der Waals surface area contributed by atoms with Gasteiger partial charge in [-0.05, 0) is 157 Å². The molecule has 3 nitrogen and oxygen atoms in total. The smallest absolute Gasteiger partial charge is 0.194 e. The van der Waals surface area contributed by atoms with E-state index in [2.05, 4.69) is 120 Å². The summed E-state index contributed by atoms with van der Waals surface area (Å²) in [5.74, 6) is 4.33. The van der Waals surface area contributed by atoms with Gasteiger partial charge in [0, 0.05) is 58.5 Å². The Bertz CT molecular complexity index is 1700. The van der Waals surface area contributed by atoms with Gasteiger partial charge in [0.15, 0.2) is 5.78 Å². The first-order chi connectivity index (χ1) is 29.6. The minimum absolute atomic E-state index is 0.101. The standard InChI is InChI=1S/C53H72N2OS4/c56-53(49-31-29-47(59-39-19-11-7-3-1-5-9-17-37-57)41-51(49)43-21-25-45(26-22-43)54-33-13-14-34-54)50-32-30-48(60-40-20-12-8-4-2-6-10-18-38-58)42-52(50)44-23-27-46(28-24-44)55-35-15-16-36-55/h21-32,41-42,57-58H,1-20,33-40H2. The zero-order valence-corrected chi connectivity index (χ0v) is 39.8. The van der Waals surface area contributed by atoms with E-state index in [1.165, 1.54) is 150 Å². The number of benzene rings is 4. The van der Waals surface area contributed by atoms with Crippen molar-refractivity contribution >= 4 is 65.9 Å². The summed E-state index contributed by atoms with van der Waals surface area (Å²) >= 11 is 12.6. The fourth-order valence-electron chi connectivity index (χ4n) is 8.83. The van der Waals surface area contributed by atoms with Gasteiger partial charge < -0.3 is 9.80 Å². The molecule has 4 aromatic rings. The SMILES string of the molecule is O=C(c1ccc(SCCCCCCCCCCS)cc1-c1ccc(N2CCCC2)cc1)c1ccc(SCCCCCCCCCCS)cc1-c1ccc(N2CCCC2)cc1. The Kier molecular flexibility index (Phi) is 21.1. The zero-order valence-electron chi connectivity index (χ0n) is 36.4. The van der Waals surface area contributed by atoms with Crippen LogP contribution in [-0.2, 0) is 0 Å². The summed E-state index contributed by atoms with van der Waals surface area (Å²) in [4.78, 5) is 22.5. The Labute approximate surface area is 383 Å². The van der Waals surface area contributed by atoms with Crippen LogP contribution in [0.4, 0.5) is 11.4 Å². The molecule has 7 heteroatoms. The zero-order chi connectivity index (χ0) is 41.6. The summed E-state index contributed by atoms with van der Waals surface area (Å²) in [6, 6.07) is 31.2. The maximum absolute atomic E-state index is 15.1. The van der Waals surface area contributed by atoms with Gasteiger partial charge in [-0.25, -0.2) is 0 Å². The van der Waals surface area contributed by atoms with Gasteiger partial charge in [-0.1, -0.05) is 101 Å². The second-order valence-corrected chi connectivity index (χ2v) is 20.3. The van der Waals surface area contributed by atoms with E-state index >= 15 is 4.79 Å². The Morgan fingerprint density at radius 2 is 0.767 bits per heavy atom. The van der Waals surface area contributed by atoms with Crippen LogP contribution >= 0.6 is 48.8 Å². The average Bonchev–Trinajstić information content (AvgIpc) is 4.04. The molecule has 0 spiro atoms. The lowest BCUT2D eigenvalue weighted by Gasteiger charge is -2.19. The number of unbranched alkanes of at least 4 members (excludes halogenated alkanes) is 14. The molecule has 0 N–H and O–H groups in total. The maximum Gasteiger partial charge on any atom is 0.194 e. The van der Waals surface area contributed by atoms with Crippen molar-refractivity contribution in [2.24, 2.45) is 0 Å². The van der Waals surface area contributed by atoms with E-state index in [9.17, 15) is 0 Å². The first-order valence-corrected chi connectivity index (χ1v) is 26.9. The highest BCUT2D eigenvalue weighted by atomic mass is 32.2. The lowest BCUT2D eigenvalue weighted by molar-refractivity contribution is 0.104. The van der Waals surface area contributed by atoms with E-state index in [0.29, 0.717) is 0 Å². The number of carbonyl (C=O) groups is 1. The maximum atomic E-state index is 15.1.